The molecule has 2 aromatic rings. The zero-order valence-electron chi connectivity index (χ0n) is 15.6. The van der Waals surface area contributed by atoms with E-state index >= 15 is 0 Å². The van der Waals surface area contributed by atoms with Crippen LogP contribution in [0.1, 0.15) is 28.1 Å². The molecule has 27 heavy (non-hydrogen) atoms. The highest BCUT2D eigenvalue weighted by molar-refractivity contribution is 7.09. The van der Waals surface area contributed by atoms with Crippen molar-refractivity contribution < 1.29 is 9.53 Å². The first-order chi connectivity index (χ1) is 13.3. The standard InChI is InChI=1S/C21H27N3O2S/c25-21(19-7-1-2-8-20(19)24-10-12-26-13-11-24)22-17-5-3-9-23(15-17)16-18-6-4-14-27-18/h1-2,4,6-8,14,17H,3,5,9-13,15-16H2,(H,22,25). The molecule has 1 N–H and O–H groups in total. The van der Waals surface area contributed by atoms with E-state index in [0.29, 0.717) is 0 Å². The number of anilines is 1. The Morgan fingerprint density at radius 2 is 2.00 bits per heavy atom. The third-order valence-corrected chi connectivity index (χ3v) is 6.16. The molecule has 1 amide bonds. The molecule has 4 rings (SSSR count). The van der Waals surface area contributed by atoms with Crippen LogP contribution in [0.3, 0.4) is 0 Å². The molecule has 0 bridgehead atoms. The smallest absolute Gasteiger partial charge is 0.253 e. The number of carbonyl (C=O) groups is 1. The Morgan fingerprint density at radius 3 is 2.81 bits per heavy atom. The van der Waals surface area contributed by atoms with Gasteiger partial charge in [-0.1, -0.05) is 18.2 Å². The number of piperidine rings is 1. The van der Waals surface area contributed by atoms with Crippen molar-refractivity contribution in [1.82, 2.24) is 10.2 Å². The van der Waals surface area contributed by atoms with E-state index in [1.807, 2.05) is 24.3 Å². The summed E-state index contributed by atoms with van der Waals surface area (Å²) in [6.07, 6.45) is 2.17. The summed E-state index contributed by atoms with van der Waals surface area (Å²) in [6.45, 7) is 6.11. The molecule has 5 nitrogen and oxygen atoms in total. The lowest BCUT2D eigenvalue weighted by atomic mass is 10.0. The number of nitrogens with one attached hydrogen (secondary N) is 1. The van der Waals surface area contributed by atoms with Gasteiger partial charge in [0.05, 0.1) is 18.8 Å². The van der Waals surface area contributed by atoms with Crippen LogP contribution >= 0.6 is 11.3 Å². The van der Waals surface area contributed by atoms with Gasteiger partial charge in [-0.2, -0.15) is 0 Å². The Balaban J connectivity index is 1.40. The van der Waals surface area contributed by atoms with Crippen molar-refractivity contribution in [2.45, 2.75) is 25.4 Å². The lowest BCUT2D eigenvalue weighted by Gasteiger charge is -2.34. The van der Waals surface area contributed by atoms with E-state index in [0.717, 1.165) is 70.0 Å². The van der Waals surface area contributed by atoms with Crippen LogP contribution in [0.5, 0.6) is 0 Å². The third-order valence-electron chi connectivity index (χ3n) is 5.30. The molecule has 2 aliphatic heterocycles. The van der Waals surface area contributed by atoms with Gasteiger partial charge < -0.3 is 15.0 Å². The quantitative estimate of drug-likeness (QED) is 0.859. The minimum absolute atomic E-state index is 0.0417. The Hall–Kier alpha value is -1.89. The summed E-state index contributed by atoms with van der Waals surface area (Å²) in [4.78, 5) is 19.1. The maximum absolute atomic E-state index is 13.0. The molecule has 3 heterocycles. The van der Waals surface area contributed by atoms with Gasteiger partial charge in [0, 0.05) is 42.8 Å². The molecule has 0 aliphatic carbocycles. The van der Waals surface area contributed by atoms with Crippen molar-refractivity contribution in [2.75, 3.05) is 44.3 Å². The molecule has 2 saturated heterocycles. The summed E-state index contributed by atoms with van der Waals surface area (Å²) in [6, 6.07) is 12.4. The van der Waals surface area contributed by atoms with E-state index in [2.05, 4.69) is 32.6 Å². The Kier molecular flexibility index (Phi) is 6.07. The summed E-state index contributed by atoms with van der Waals surface area (Å²) in [5, 5.41) is 5.42. The number of hydrogen-bond donors (Lipinski definition) is 1. The number of likely N-dealkylation sites (tertiary alicyclic amines) is 1. The van der Waals surface area contributed by atoms with Crippen molar-refractivity contribution in [3.63, 3.8) is 0 Å². The van der Waals surface area contributed by atoms with Crippen LogP contribution in [0, 0.1) is 0 Å². The average molecular weight is 386 g/mol. The summed E-state index contributed by atoms with van der Waals surface area (Å²) in [5.41, 5.74) is 1.79. The topological polar surface area (TPSA) is 44.8 Å². The number of thiophene rings is 1. The molecule has 1 aromatic heterocycles. The van der Waals surface area contributed by atoms with E-state index in [9.17, 15) is 4.79 Å². The predicted molar refractivity (Wildman–Crippen MR) is 110 cm³/mol. The lowest BCUT2D eigenvalue weighted by molar-refractivity contribution is 0.0900. The Bertz CT molecular complexity index is 744. The van der Waals surface area contributed by atoms with Crippen molar-refractivity contribution in [3.05, 3.63) is 52.2 Å². The van der Waals surface area contributed by atoms with Gasteiger partial charge in [0.1, 0.15) is 0 Å². The van der Waals surface area contributed by atoms with Gasteiger partial charge in [0.25, 0.3) is 5.91 Å². The molecule has 1 unspecified atom stereocenters. The van der Waals surface area contributed by atoms with Gasteiger partial charge in [-0.05, 0) is 43.0 Å². The van der Waals surface area contributed by atoms with E-state index in [1.54, 1.807) is 11.3 Å². The minimum Gasteiger partial charge on any atom is -0.378 e. The van der Waals surface area contributed by atoms with E-state index < -0.39 is 0 Å². The first-order valence-corrected chi connectivity index (χ1v) is 10.6. The predicted octanol–water partition coefficient (Wildman–Crippen LogP) is 2.98. The minimum atomic E-state index is 0.0417. The SMILES string of the molecule is O=C(NC1CCCN(Cc2cccs2)C1)c1ccccc1N1CCOCC1. The van der Waals surface area contributed by atoms with Crippen LogP contribution in [0.2, 0.25) is 0 Å². The molecule has 1 aromatic carbocycles. The van der Waals surface area contributed by atoms with Crippen LogP contribution in [0.4, 0.5) is 5.69 Å². The maximum Gasteiger partial charge on any atom is 0.253 e. The normalized spacial score (nSPS) is 21.2. The van der Waals surface area contributed by atoms with Gasteiger partial charge in [0.2, 0.25) is 0 Å². The molecule has 1 atom stereocenters. The van der Waals surface area contributed by atoms with Crippen molar-refractivity contribution >= 4 is 22.9 Å². The van der Waals surface area contributed by atoms with Crippen LogP contribution in [0.15, 0.2) is 41.8 Å². The van der Waals surface area contributed by atoms with E-state index in [-0.39, 0.29) is 11.9 Å². The molecule has 2 aliphatic rings. The summed E-state index contributed by atoms with van der Waals surface area (Å²) < 4.78 is 5.45. The molecular weight excluding hydrogens is 358 g/mol. The summed E-state index contributed by atoms with van der Waals surface area (Å²) in [7, 11) is 0. The van der Waals surface area contributed by atoms with Crippen LogP contribution < -0.4 is 10.2 Å². The molecule has 6 heteroatoms. The number of carbonyl (C=O) groups excluding carboxylic acids is 1. The maximum atomic E-state index is 13.0. The molecule has 0 radical (unpaired) electrons. The lowest BCUT2D eigenvalue weighted by Crippen LogP contribution is -2.47. The number of rotatable bonds is 5. The number of hydrogen-bond acceptors (Lipinski definition) is 5. The molecule has 0 spiro atoms. The molecule has 144 valence electrons. The molecular formula is C21H27N3O2S. The van der Waals surface area contributed by atoms with Gasteiger partial charge >= 0.3 is 0 Å². The fourth-order valence-corrected chi connectivity index (χ4v) is 4.69. The summed E-state index contributed by atoms with van der Waals surface area (Å²) >= 11 is 1.80. The van der Waals surface area contributed by atoms with Gasteiger partial charge in [-0.15, -0.1) is 11.3 Å². The second-order valence-electron chi connectivity index (χ2n) is 7.24. The van der Waals surface area contributed by atoms with Crippen LogP contribution in [-0.4, -0.2) is 56.2 Å². The van der Waals surface area contributed by atoms with Gasteiger partial charge in [0.15, 0.2) is 0 Å². The molecule has 2 fully saturated rings. The number of nitrogens with zero attached hydrogens (tertiary/aromatic N) is 2. The zero-order valence-corrected chi connectivity index (χ0v) is 16.4. The largest absolute Gasteiger partial charge is 0.378 e. The van der Waals surface area contributed by atoms with Crippen molar-refractivity contribution in [3.8, 4) is 0 Å². The number of para-hydroxylation sites is 1. The van der Waals surface area contributed by atoms with Crippen LogP contribution in [0.25, 0.3) is 0 Å². The number of amides is 1. The second-order valence-corrected chi connectivity index (χ2v) is 8.28. The fraction of sp³-hybridized carbons (Fsp3) is 0.476. The number of ether oxygens (including phenoxy) is 1. The van der Waals surface area contributed by atoms with Crippen molar-refractivity contribution in [2.24, 2.45) is 0 Å². The Labute approximate surface area is 164 Å². The van der Waals surface area contributed by atoms with Gasteiger partial charge in [-0.3, -0.25) is 9.69 Å². The zero-order chi connectivity index (χ0) is 18.5. The van der Waals surface area contributed by atoms with E-state index in [4.69, 9.17) is 4.74 Å². The van der Waals surface area contributed by atoms with Gasteiger partial charge in [-0.25, -0.2) is 0 Å². The fourth-order valence-electron chi connectivity index (χ4n) is 3.95. The summed E-state index contributed by atoms with van der Waals surface area (Å²) in [5.74, 6) is 0.0417. The van der Waals surface area contributed by atoms with Crippen LogP contribution in [-0.2, 0) is 11.3 Å². The highest BCUT2D eigenvalue weighted by Crippen LogP contribution is 2.22. The van der Waals surface area contributed by atoms with Crippen molar-refractivity contribution in [1.29, 1.82) is 0 Å². The number of benzene rings is 1. The van der Waals surface area contributed by atoms with E-state index in [1.165, 1.54) is 4.88 Å². The first kappa shape index (κ1) is 18.5. The molecule has 0 saturated carbocycles. The third kappa shape index (κ3) is 4.69. The second kappa shape index (κ2) is 8.87. The first-order valence-electron chi connectivity index (χ1n) is 9.77. The highest BCUT2D eigenvalue weighted by Gasteiger charge is 2.24. The monoisotopic (exact) mass is 385 g/mol. The average Bonchev–Trinajstić information content (AvgIpc) is 3.22. The highest BCUT2D eigenvalue weighted by atomic mass is 32.1. The number of morpholine rings is 1. The Morgan fingerprint density at radius 1 is 1.15 bits per heavy atom.